The minimum atomic E-state index is 1.21. The van der Waals surface area contributed by atoms with Gasteiger partial charge in [-0.2, -0.15) is 0 Å². The standard InChI is InChI=1S/C8H12S.C6H8/c1-2-9-8-6-4-3-5-7-8;1-2-4-6-5-3-1/h3-4,6H,2,5,7H2,1H3;1-4H,5-6H2. The average Bonchev–Trinajstić information content (AvgIpc) is 2.34. The van der Waals surface area contributed by atoms with E-state index in [0.717, 1.165) is 0 Å². The third kappa shape index (κ3) is 6.40. The molecule has 0 fully saturated rings. The molecular weight excluding hydrogens is 200 g/mol. The zero-order valence-corrected chi connectivity index (χ0v) is 10.3. The lowest BCUT2D eigenvalue weighted by atomic mass is 10.2. The van der Waals surface area contributed by atoms with E-state index in [4.69, 9.17) is 0 Å². The molecule has 2 aliphatic carbocycles. The molecule has 1 heteroatoms. The number of rotatable bonds is 2. The summed E-state index contributed by atoms with van der Waals surface area (Å²) in [4.78, 5) is 1.54. The van der Waals surface area contributed by atoms with Crippen LogP contribution in [0, 0.1) is 0 Å². The van der Waals surface area contributed by atoms with E-state index in [2.05, 4.69) is 49.5 Å². The summed E-state index contributed by atoms with van der Waals surface area (Å²) in [5, 5.41) is 0. The van der Waals surface area contributed by atoms with Gasteiger partial charge in [0.05, 0.1) is 0 Å². The highest BCUT2D eigenvalue weighted by Crippen LogP contribution is 2.23. The van der Waals surface area contributed by atoms with Crippen LogP contribution in [0.5, 0.6) is 0 Å². The van der Waals surface area contributed by atoms with E-state index in [1.165, 1.54) is 31.4 Å². The Morgan fingerprint density at radius 1 is 1.00 bits per heavy atom. The average molecular weight is 220 g/mol. The molecule has 82 valence electrons. The Balaban J connectivity index is 0.000000162. The molecule has 0 aliphatic heterocycles. The second-order valence-corrected chi connectivity index (χ2v) is 4.86. The third-order valence-corrected chi connectivity index (χ3v) is 3.19. The van der Waals surface area contributed by atoms with Gasteiger partial charge in [0, 0.05) is 0 Å². The van der Waals surface area contributed by atoms with Gasteiger partial charge in [0.2, 0.25) is 0 Å². The largest absolute Gasteiger partial charge is 0.131 e. The quantitative estimate of drug-likeness (QED) is 0.640. The number of thioether (sulfide) groups is 1. The first-order valence-electron chi connectivity index (χ1n) is 5.73. The van der Waals surface area contributed by atoms with Crippen molar-refractivity contribution in [2.45, 2.75) is 32.6 Å². The molecule has 0 radical (unpaired) electrons. The minimum absolute atomic E-state index is 1.21. The van der Waals surface area contributed by atoms with E-state index in [1.54, 1.807) is 4.91 Å². The molecule has 0 nitrogen and oxygen atoms in total. The van der Waals surface area contributed by atoms with Gasteiger partial charge in [-0.15, -0.1) is 11.8 Å². The summed E-state index contributed by atoms with van der Waals surface area (Å²) in [5.41, 5.74) is 0. The topological polar surface area (TPSA) is 0 Å². The van der Waals surface area contributed by atoms with E-state index in [1.807, 2.05) is 11.8 Å². The van der Waals surface area contributed by atoms with Crippen molar-refractivity contribution in [1.29, 1.82) is 0 Å². The molecule has 0 atom stereocenters. The second kappa shape index (κ2) is 8.60. The monoisotopic (exact) mass is 220 g/mol. The third-order valence-electron chi connectivity index (χ3n) is 2.19. The Morgan fingerprint density at radius 2 is 1.67 bits per heavy atom. The summed E-state index contributed by atoms with van der Waals surface area (Å²) >= 11 is 1.96. The van der Waals surface area contributed by atoms with Crippen molar-refractivity contribution in [3.63, 3.8) is 0 Å². The SMILES string of the molecule is C1=CCCC=C1.CCSC1=CC=CCC1. The molecule has 0 aromatic rings. The summed E-state index contributed by atoms with van der Waals surface area (Å²) < 4.78 is 0. The Morgan fingerprint density at radius 3 is 2.07 bits per heavy atom. The fourth-order valence-electron chi connectivity index (χ4n) is 1.43. The highest BCUT2D eigenvalue weighted by Gasteiger charge is 1.96. The molecule has 0 saturated heterocycles. The number of hydrogen-bond donors (Lipinski definition) is 0. The van der Waals surface area contributed by atoms with Crippen molar-refractivity contribution in [2.24, 2.45) is 0 Å². The van der Waals surface area contributed by atoms with Crippen molar-refractivity contribution >= 4 is 11.8 Å². The van der Waals surface area contributed by atoms with Crippen LogP contribution >= 0.6 is 11.8 Å². The fourth-order valence-corrected chi connectivity index (χ4v) is 2.24. The van der Waals surface area contributed by atoms with Crippen molar-refractivity contribution in [3.05, 3.63) is 47.4 Å². The van der Waals surface area contributed by atoms with Crippen LogP contribution in [0.15, 0.2) is 47.4 Å². The van der Waals surface area contributed by atoms with Gasteiger partial charge in [-0.05, 0) is 36.3 Å². The van der Waals surface area contributed by atoms with Crippen molar-refractivity contribution in [3.8, 4) is 0 Å². The number of allylic oxidation sites excluding steroid dienone is 8. The second-order valence-electron chi connectivity index (χ2n) is 3.47. The lowest BCUT2D eigenvalue weighted by Crippen LogP contribution is -1.81. The first-order valence-corrected chi connectivity index (χ1v) is 6.72. The zero-order valence-electron chi connectivity index (χ0n) is 9.49. The Hall–Kier alpha value is -0.690. The van der Waals surface area contributed by atoms with Crippen molar-refractivity contribution in [1.82, 2.24) is 0 Å². The summed E-state index contributed by atoms with van der Waals surface area (Å²) in [6.07, 6.45) is 20.1. The molecule has 0 aromatic carbocycles. The molecule has 0 unspecified atom stereocenters. The van der Waals surface area contributed by atoms with Crippen LogP contribution in [0.3, 0.4) is 0 Å². The van der Waals surface area contributed by atoms with Gasteiger partial charge >= 0.3 is 0 Å². The van der Waals surface area contributed by atoms with Gasteiger partial charge in [0.25, 0.3) is 0 Å². The van der Waals surface area contributed by atoms with E-state index >= 15 is 0 Å². The lowest BCUT2D eigenvalue weighted by Gasteiger charge is -2.04. The summed E-state index contributed by atoms with van der Waals surface area (Å²) in [5.74, 6) is 1.21. The molecule has 15 heavy (non-hydrogen) atoms. The maximum absolute atomic E-state index is 2.22. The molecular formula is C14H20S. The summed E-state index contributed by atoms with van der Waals surface area (Å²) in [6, 6.07) is 0. The van der Waals surface area contributed by atoms with E-state index in [0.29, 0.717) is 0 Å². The number of hydrogen-bond acceptors (Lipinski definition) is 1. The summed E-state index contributed by atoms with van der Waals surface area (Å²) in [6.45, 7) is 2.20. The van der Waals surface area contributed by atoms with E-state index in [9.17, 15) is 0 Å². The molecule has 2 aliphatic rings. The van der Waals surface area contributed by atoms with Crippen molar-refractivity contribution < 1.29 is 0 Å². The molecule has 0 spiro atoms. The van der Waals surface area contributed by atoms with E-state index in [-0.39, 0.29) is 0 Å². The smallest absolute Gasteiger partial charge is 0.00517 e. The van der Waals surface area contributed by atoms with Gasteiger partial charge in [-0.3, -0.25) is 0 Å². The predicted molar refractivity (Wildman–Crippen MR) is 72.1 cm³/mol. The van der Waals surface area contributed by atoms with Crippen LogP contribution in [0.2, 0.25) is 0 Å². The Bertz CT molecular complexity index is 257. The molecule has 0 N–H and O–H groups in total. The van der Waals surface area contributed by atoms with Gasteiger partial charge < -0.3 is 0 Å². The molecule has 0 saturated carbocycles. The highest BCUT2D eigenvalue weighted by molar-refractivity contribution is 8.03. The van der Waals surface area contributed by atoms with Crippen LogP contribution in [0.1, 0.15) is 32.6 Å². The fraction of sp³-hybridized carbons (Fsp3) is 0.429. The first-order chi connectivity index (χ1) is 7.43. The normalized spacial score (nSPS) is 18.1. The molecule has 0 amide bonds. The van der Waals surface area contributed by atoms with Crippen LogP contribution in [0.4, 0.5) is 0 Å². The van der Waals surface area contributed by atoms with Crippen LogP contribution < -0.4 is 0 Å². The maximum atomic E-state index is 2.22. The van der Waals surface area contributed by atoms with Crippen LogP contribution in [0.25, 0.3) is 0 Å². The Kier molecular flexibility index (Phi) is 7.10. The zero-order chi connectivity index (χ0) is 10.8. The molecule has 2 rings (SSSR count). The minimum Gasteiger partial charge on any atom is -0.131 e. The van der Waals surface area contributed by atoms with Crippen LogP contribution in [-0.4, -0.2) is 5.75 Å². The summed E-state index contributed by atoms with van der Waals surface area (Å²) in [7, 11) is 0. The van der Waals surface area contributed by atoms with Gasteiger partial charge in [-0.1, -0.05) is 49.5 Å². The van der Waals surface area contributed by atoms with Crippen LogP contribution in [-0.2, 0) is 0 Å². The van der Waals surface area contributed by atoms with Gasteiger partial charge in [-0.25, -0.2) is 0 Å². The van der Waals surface area contributed by atoms with Gasteiger partial charge in [0.15, 0.2) is 0 Å². The lowest BCUT2D eigenvalue weighted by molar-refractivity contribution is 1.02. The predicted octanol–water partition coefficient (Wildman–Crippen LogP) is 4.87. The maximum Gasteiger partial charge on any atom is -0.00517 e. The highest BCUT2D eigenvalue weighted by atomic mass is 32.2. The van der Waals surface area contributed by atoms with Gasteiger partial charge in [0.1, 0.15) is 0 Å². The molecule has 0 aromatic heterocycles. The molecule has 0 bridgehead atoms. The Labute approximate surface area is 97.8 Å². The first kappa shape index (κ1) is 12.4. The molecule has 0 heterocycles. The van der Waals surface area contributed by atoms with E-state index < -0.39 is 0 Å². The van der Waals surface area contributed by atoms with Crippen molar-refractivity contribution in [2.75, 3.05) is 5.75 Å².